The van der Waals surface area contributed by atoms with Gasteiger partial charge in [-0.1, -0.05) is 18.2 Å². The van der Waals surface area contributed by atoms with Gasteiger partial charge in [-0.15, -0.1) is 0 Å². The first-order valence-corrected chi connectivity index (χ1v) is 9.76. The van der Waals surface area contributed by atoms with E-state index in [1.54, 1.807) is 4.90 Å². The van der Waals surface area contributed by atoms with Crippen molar-refractivity contribution in [3.05, 3.63) is 30.3 Å². The lowest BCUT2D eigenvalue weighted by Gasteiger charge is -2.31. The molecule has 2 aliphatic heterocycles. The maximum atomic E-state index is 12.3. The van der Waals surface area contributed by atoms with Crippen LogP contribution in [0.15, 0.2) is 30.3 Å². The van der Waals surface area contributed by atoms with Crippen LogP contribution in [0, 0.1) is 5.92 Å². The number of para-hydroxylation sites is 1. The molecule has 0 aromatic heterocycles. The van der Waals surface area contributed by atoms with E-state index in [-0.39, 0.29) is 24.3 Å². The van der Waals surface area contributed by atoms with Crippen LogP contribution < -0.4 is 10.1 Å². The Hall–Kier alpha value is -2.12. The van der Waals surface area contributed by atoms with Crippen LogP contribution in [0.3, 0.4) is 0 Å². The number of hydrogen-bond donors (Lipinski definition) is 1. The van der Waals surface area contributed by atoms with E-state index in [1.165, 1.54) is 0 Å². The van der Waals surface area contributed by atoms with Gasteiger partial charge in [-0.3, -0.25) is 14.5 Å². The zero-order chi connectivity index (χ0) is 18.9. The second-order valence-electron chi connectivity index (χ2n) is 7.00. The van der Waals surface area contributed by atoms with E-state index < -0.39 is 0 Å². The number of hydrogen-bond acceptors (Lipinski definition) is 5. The lowest BCUT2D eigenvalue weighted by atomic mass is 9.96. The van der Waals surface area contributed by atoms with Gasteiger partial charge in [0.05, 0.1) is 13.2 Å². The highest BCUT2D eigenvalue weighted by molar-refractivity contribution is 5.80. The molecule has 2 saturated heterocycles. The van der Waals surface area contributed by atoms with Gasteiger partial charge in [0.2, 0.25) is 5.91 Å². The average Bonchev–Trinajstić information content (AvgIpc) is 2.73. The molecule has 2 heterocycles. The van der Waals surface area contributed by atoms with Gasteiger partial charge < -0.3 is 19.7 Å². The molecule has 0 bridgehead atoms. The number of benzene rings is 1. The molecule has 0 aliphatic carbocycles. The molecule has 0 saturated carbocycles. The quantitative estimate of drug-likeness (QED) is 0.762. The molecule has 1 aromatic carbocycles. The summed E-state index contributed by atoms with van der Waals surface area (Å²) in [6.07, 6.45) is 1.42. The van der Waals surface area contributed by atoms with Gasteiger partial charge in [-0.25, -0.2) is 0 Å². The SMILES string of the molecule is O=C(NCCN1CCOCC1)C1CCN(C(=O)COc2ccccc2)CC1. The van der Waals surface area contributed by atoms with E-state index >= 15 is 0 Å². The highest BCUT2D eigenvalue weighted by Gasteiger charge is 2.27. The summed E-state index contributed by atoms with van der Waals surface area (Å²) in [5, 5.41) is 3.04. The van der Waals surface area contributed by atoms with Crippen LogP contribution in [0.2, 0.25) is 0 Å². The van der Waals surface area contributed by atoms with Crippen molar-refractivity contribution in [2.45, 2.75) is 12.8 Å². The van der Waals surface area contributed by atoms with Crippen LogP contribution in [0.4, 0.5) is 0 Å². The lowest BCUT2D eigenvalue weighted by molar-refractivity contribution is -0.137. The first-order valence-electron chi connectivity index (χ1n) is 9.76. The molecule has 0 spiro atoms. The molecular weight excluding hydrogens is 346 g/mol. The third-order valence-corrected chi connectivity index (χ3v) is 5.15. The molecule has 0 radical (unpaired) electrons. The van der Waals surface area contributed by atoms with E-state index in [9.17, 15) is 9.59 Å². The Balaban J connectivity index is 1.31. The van der Waals surface area contributed by atoms with Crippen molar-refractivity contribution < 1.29 is 19.1 Å². The number of carbonyl (C=O) groups excluding carboxylic acids is 2. The van der Waals surface area contributed by atoms with Gasteiger partial charge in [0.15, 0.2) is 6.61 Å². The van der Waals surface area contributed by atoms with Crippen LogP contribution in [-0.4, -0.2) is 80.7 Å². The second-order valence-corrected chi connectivity index (χ2v) is 7.00. The lowest BCUT2D eigenvalue weighted by Crippen LogP contribution is -2.46. The standard InChI is InChI=1S/C20H29N3O4/c24-19(16-27-18-4-2-1-3-5-18)23-9-6-17(7-10-23)20(25)21-8-11-22-12-14-26-15-13-22/h1-5,17H,6-16H2,(H,21,25). The molecule has 2 aliphatic rings. The van der Waals surface area contributed by atoms with Crippen molar-refractivity contribution in [1.29, 1.82) is 0 Å². The first kappa shape index (κ1) is 19.6. The zero-order valence-electron chi connectivity index (χ0n) is 15.8. The summed E-state index contributed by atoms with van der Waals surface area (Å²) in [5.74, 6) is 0.773. The zero-order valence-corrected chi connectivity index (χ0v) is 15.8. The maximum absolute atomic E-state index is 12.3. The summed E-state index contributed by atoms with van der Waals surface area (Å²) in [5.41, 5.74) is 0. The Morgan fingerprint density at radius 3 is 2.48 bits per heavy atom. The number of amides is 2. The minimum Gasteiger partial charge on any atom is -0.484 e. The van der Waals surface area contributed by atoms with E-state index in [2.05, 4.69) is 10.2 Å². The van der Waals surface area contributed by atoms with Gasteiger partial charge in [-0.2, -0.15) is 0 Å². The fourth-order valence-corrected chi connectivity index (χ4v) is 3.45. The van der Waals surface area contributed by atoms with Gasteiger partial charge in [-0.05, 0) is 25.0 Å². The van der Waals surface area contributed by atoms with Crippen molar-refractivity contribution in [3.63, 3.8) is 0 Å². The molecule has 148 valence electrons. The largest absolute Gasteiger partial charge is 0.484 e. The maximum Gasteiger partial charge on any atom is 0.260 e. The number of likely N-dealkylation sites (tertiary alicyclic amines) is 1. The van der Waals surface area contributed by atoms with Crippen LogP contribution in [-0.2, 0) is 14.3 Å². The number of carbonyl (C=O) groups is 2. The molecule has 27 heavy (non-hydrogen) atoms. The Bertz CT molecular complexity index is 597. The number of nitrogens with zero attached hydrogens (tertiary/aromatic N) is 2. The minimum absolute atomic E-state index is 0.00576. The van der Waals surface area contributed by atoms with E-state index in [0.29, 0.717) is 38.2 Å². The third-order valence-electron chi connectivity index (χ3n) is 5.15. The summed E-state index contributed by atoms with van der Waals surface area (Å²) in [7, 11) is 0. The van der Waals surface area contributed by atoms with Crippen molar-refractivity contribution >= 4 is 11.8 Å². The monoisotopic (exact) mass is 375 g/mol. The number of piperidine rings is 1. The molecule has 7 heteroatoms. The number of nitrogens with one attached hydrogen (secondary N) is 1. The highest BCUT2D eigenvalue weighted by Crippen LogP contribution is 2.18. The summed E-state index contributed by atoms with van der Waals surface area (Å²) >= 11 is 0. The Kier molecular flexibility index (Phi) is 7.47. The topological polar surface area (TPSA) is 71.1 Å². The predicted molar refractivity (Wildman–Crippen MR) is 102 cm³/mol. The predicted octanol–water partition coefficient (Wildman–Crippen LogP) is 0.752. The Morgan fingerprint density at radius 1 is 1.07 bits per heavy atom. The van der Waals surface area contributed by atoms with Crippen LogP contribution in [0.5, 0.6) is 5.75 Å². The average molecular weight is 375 g/mol. The second kappa shape index (κ2) is 10.3. The Morgan fingerprint density at radius 2 is 1.78 bits per heavy atom. The van der Waals surface area contributed by atoms with E-state index in [4.69, 9.17) is 9.47 Å². The van der Waals surface area contributed by atoms with Gasteiger partial charge in [0.1, 0.15) is 5.75 Å². The number of morpholine rings is 1. The van der Waals surface area contributed by atoms with E-state index in [1.807, 2.05) is 30.3 Å². The number of ether oxygens (including phenoxy) is 2. The Labute approximate surface area is 160 Å². The minimum atomic E-state index is -0.0231. The molecule has 1 N–H and O–H groups in total. The summed E-state index contributed by atoms with van der Waals surface area (Å²) in [4.78, 5) is 28.7. The molecule has 2 fully saturated rings. The van der Waals surface area contributed by atoms with Crippen LogP contribution in [0.1, 0.15) is 12.8 Å². The molecule has 2 amide bonds. The molecule has 0 unspecified atom stereocenters. The molecule has 1 aromatic rings. The van der Waals surface area contributed by atoms with Crippen molar-refractivity contribution in [1.82, 2.24) is 15.1 Å². The number of rotatable bonds is 7. The summed E-state index contributed by atoms with van der Waals surface area (Å²) in [6.45, 7) is 6.20. The molecule has 7 nitrogen and oxygen atoms in total. The fraction of sp³-hybridized carbons (Fsp3) is 0.600. The van der Waals surface area contributed by atoms with Gasteiger partial charge in [0, 0.05) is 45.2 Å². The fourth-order valence-electron chi connectivity index (χ4n) is 3.45. The first-order chi connectivity index (χ1) is 13.2. The van der Waals surface area contributed by atoms with Crippen LogP contribution >= 0.6 is 0 Å². The smallest absolute Gasteiger partial charge is 0.260 e. The van der Waals surface area contributed by atoms with Crippen molar-refractivity contribution in [3.8, 4) is 5.75 Å². The van der Waals surface area contributed by atoms with Crippen molar-refractivity contribution in [2.24, 2.45) is 5.92 Å². The molecule has 3 rings (SSSR count). The summed E-state index contributed by atoms with van der Waals surface area (Å²) < 4.78 is 10.8. The third kappa shape index (κ3) is 6.22. The summed E-state index contributed by atoms with van der Waals surface area (Å²) in [6, 6.07) is 9.33. The van der Waals surface area contributed by atoms with Gasteiger partial charge in [0.25, 0.3) is 5.91 Å². The molecular formula is C20H29N3O4. The normalized spacial score (nSPS) is 18.9. The van der Waals surface area contributed by atoms with E-state index in [0.717, 1.165) is 32.8 Å². The van der Waals surface area contributed by atoms with Crippen molar-refractivity contribution in [2.75, 3.05) is 59.1 Å². The van der Waals surface area contributed by atoms with Gasteiger partial charge >= 0.3 is 0 Å². The van der Waals surface area contributed by atoms with Crippen LogP contribution in [0.25, 0.3) is 0 Å². The molecule has 0 atom stereocenters. The highest BCUT2D eigenvalue weighted by atomic mass is 16.5.